The van der Waals surface area contributed by atoms with Gasteiger partial charge in [-0.1, -0.05) is 6.07 Å². The van der Waals surface area contributed by atoms with Crippen LogP contribution in [0.25, 0.3) is 0 Å². The molecule has 0 bridgehead atoms. The molecule has 1 aliphatic carbocycles. The smallest absolute Gasteiger partial charge is 0.161 e. The topological polar surface area (TPSA) is 55.4 Å². The average Bonchev–Trinajstić information content (AvgIpc) is 2.78. The minimum absolute atomic E-state index is 0.0912. The van der Waals surface area contributed by atoms with Gasteiger partial charge in [0.2, 0.25) is 0 Å². The highest BCUT2D eigenvalue weighted by Gasteiger charge is 2.39. The fourth-order valence-corrected chi connectivity index (χ4v) is 4.63. The fraction of sp³-hybridized carbons (Fsp3) is 0.500. The van der Waals surface area contributed by atoms with E-state index in [-0.39, 0.29) is 11.8 Å². The van der Waals surface area contributed by atoms with Crippen molar-refractivity contribution >= 4 is 0 Å². The van der Waals surface area contributed by atoms with Crippen LogP contribution in [0.4, 0.5) is 0 Å². The summed E-state index contributed by atoms with van der Waals surface area (Å²) in [6.45, 7) is 1.28. The van der Waals surface area contributed by atoms with Crippen molar-refractivity contribution in [3.63, 3.8) is 0 Å². The van der Waals surface area contributed by atoms with Crippen molar-refractivity contribution < 1.29 is 28.4 Å². The summed E-state index contributed by atoms with van der Waals surface area (Å²) >= 11 is 0. The van der Waals surface area contributed by atoms with E-state index in [1.54, 1.807) is 42.7 Å². The van der Waals surface area contributed by atoms with Gasteiger partial charge < -0.3 is 28.4 Å². The van der Waals surface area contributed by atoms with Crippen LogP contribution in [0.2, 0.25) is 0 Å². The molecule has 2 aromatic rings. The van der Waals surface area contributed by atoms with Gasteiger partial charge in [0.15, 0.2) is 23.0 Å². The molecule has 164 valence electrons. The number of hydrogen-bond donors (Lipinski definition) is 0. The van der Waals surface area contributed by atoms with Gasteiger partial charge in [0, 0.05) is 26.7 Å². The van der Waals surface area contributed by atoms with Crippen LogP contribution in [0.1, 0.15) is 22.6 Å². The second-order valence-electron chi connectivity index (χ2n) is 7.54. The number of methoxy groups -OCH3 is 6. The lowest BCUT2D eigenvalue weighted by atomic mass is 9.67. The predicted octanol–water partition coefficient (Wildman–Crippen LogP) is 3.93. The quantitative estimate of drug-likeness (QED) is 0.617. The Morgan fingerprint density at radius 3 is 1.90 bits per heavy atom. The largest absolute Gasteiger partial charge is 0.493 e. The van der Waals surface area contributed by atoms with Gasteiger partial charge in [0.25, 0.3) is 0 Å². The van der Waals surface area contributed by atoms with E-state index in [0.29, 0.717) is 30.6 Å². The molecule has 0 amide bonds. The monoisotopic (exact) mass is 416 g/mol. The minimum atomic E-state index is 0.0912. The third-order valence-corrected chi connectivity index (χ3v) is 6.00. The third kappa shape index (κ3) is 4.20. The first kappa shape index (κ1) is 22.2. The van der Waals surface area contributed by atoms with Crippen molar-refractivity contribution in [1.29, 1.82) is 0 Å². The number of ether oxygens (including phenoxy) is 6. The van der Waals surface area contributed by atoms with Crippen LogP contribution in [0.3, 0.4) is 0 Å². The molecule has 6 heteroatoms. The average molecular weight is 417 g/mol. The molecular formula is C24H32O6. The lowest BCUT2D eigenvalue weighted by molar-refractivity contribution is 0.0565. The Morgan fingerprint density at radius 1 is 0.700 bits per heavy atom. The Kier molecular flexibility index (Phi) is 7.45. The molecule has 3 atom stereocenters. The first-order valence-corrected chi connectivity index (χ1v) is 10.1. The normalized spacial score (nSPS) is 20.4. The van der Waals surface area contributed by atoms with Crippen molar-refractivity contribution in [2.24, 2.45) is 11.8 Å². The number of hydrogen-bond acceptors (Lipinski definition) is 6. The van der Waals surface area contributed by atoms with E-state index in [1.165, 1.54) is 11.1 Å². The first-order chi connectivity index (χ1) is 14.6. The molecule has 30 heavy (non-hydrogen) atoms. The van der Waals surface area contributed by atoms with Crippen LogP contribution in [0, 0.1) is 11.8 Å². The van der Waals surface area contributed by atoms with Gasteiger partial charge in [-0.25, -0.2) is 0 Å². The standard InChI is InChI=1S/C24H32O6/c1-25-13-17-9-16-11-22(29-5)23(30-6)12-18(16)24(19(17)14-26-2)15-7-8-20(27-3)21(10-15)28-4/h7-8,10-12,17,19,24H,9,13-14H2,1-6H3/t17-,19-,24+/m0/s1. The number of benzene rings is 2. The lowest BCUT2D eigenvalue weighted by Crippen LogP contribution is -2.36. The molecule has 0 saturated heterocycles. The van der Waals surface area contributed by atoms with Crippen molar-refractivity contribution in [3.05, 3.63) is 47.0 Å². The van der Waals surface area contributed by atoms with Crippen molar-refractivity contribution in [3.8, 4) is 23.0 Å². The fourth-order valence-electron chi connectivity index (χ4n) is 4.63. The van der Waals surface area contributed by atoms with Crippen LogP contribution in [0.15, 0.2) is 30.3 Å². The Hall–Kier alpha value is -2.44. The van der Waals surface area contributed by atoms with Gasteiger partial charge in [0.05, 0.1) is 35.0 Å². The van der Waals surface area contributed by atoms with Crippen LogP contribution >= 0.6 is 0 Å². The summed E-state index contributed by atoms with van der Waals surface area (Å²) in [6, 6.07) is 10.3. The van der Waals surface area contributed by atoms with E-state index in [2.05, 4.69) is 24.3 Å². The molecule has 0 radical (unpaired) electrons. The molecule has 6 nitrogen and oxygen atoms in total. The van der Waals surface area contributed by atoms with Crippen molar-refractivity contribution in [2.75, 3.05) is 55.9 Å². The molecule has 0 saturated carbocycles. The minimum Gasteiger partial charge on any atom is -0.493 e. The molecule has 2 aromatic carbocycles. The van der Waals surface area contributed by atoms with Crippen molar-refractivity contribution in [1.82, 2.24) is 0 Å². The van der Waals surface area contributed by atoms with Gasteiger partial charge in [0.1, 0.15) is 0 Å². The maximum absolute atomic E-state index is 5.66. The molecule has 0 unspecified atom stereocenters. The van der Waals surface area contributed by atoms with E-state index >= 15 is 0 Å². The number of rotatable bonds is 9. The highest BCUT2D eigenvalue weighted by molar-refractivity contribution is 5.54. The zero-order valence-electron chi connectivity index (χ0n) is 18.7. The molecule has 3 rings (SSSR count). The first-order valence-electron chi connectivity index (χ1n) is 10.1. The molecule has 0 aromatic heterocycles. The highest BCUT2D eigenvalue weighted by Crippen LogP contribution is 2.48. The Labute approximate surface area is 179 Å². The van der Waals surface area contributed by atoms with E-state index in [4.69, 9.17) is 28.4 Å². The van der Waals surface area contributed by atoms with Crippen LogP contribution in [-0.2, 0) is 15.9 Å². The van der Waals surface area contributed by atoms with E-state index < -0.39 is 0 Å². The second kappa shape index (κ2) is 10.0. The maximum Gasteiger partial charge on any atom is 0.161 e. The predicted molar refractivity (Wildman–Crippen MR) is 115 cm³/mol. The van der Waals surface area contributed by atoms with Crippen LogP contribution in [0.5, 0.6) is 23.0 Å². The zero-order chi connectivity index (χ0) is 21.7. The SMILES string of the molecule is COC[C@@H]1Cc2cc(OC)c(OC)cc2[C@@H](c2ccc(OC)c(OC)c2)[C@H]1COC. The summed E-state index contributed by atoms with van der Waals surface area (Å²) in [5.74, 6) is 3.51. The molecule has 1 aliphatic rings. The Bertz CT molecular complexity index is 850. The van der Waals surface area contributed by atoms with Gasteiger partial charge in [-0.2, -0.15) is 0 Å². The van der Waals surface area contributed by atoms with Gasteiger partial charge in [-0.15, -0.1) is 0 Å². The molecule has 0 spiro atoms. The Balaban J connectivity index is 2.20. The lowest BCUT2D eigenvalue weighted by Gasteiger charge is -2.40. The summed E-state index contributed by atoms with van der Waals surface area (Å²) in [5, 5.41) is 0. The van der Waals surface area contributed by atoms with Crippen LogP contribution in [-0.4, -0.2) is 55.9 Å². The van der Waals surface area contributed by atoms with Gasteiger partial charge >= 0.3 is 0 Å². The molecule has 0 heterocycles. The van der Waals surface area contributed by atoms with Gasteiger partial charge in [-0.05, 0) is 59.2 Å². The summed E-state index contributed by atoms with van der Waals surface area (Å²) in [7, 11) is 10.1. The molecule has 0 N–H and O–H groups in total. The maximum atomic E-state index is 5.66. The molecular weight excluding hydrogens is 384 g/mol. The summed E-state index contributed by atoms with van der Waals surface area (Å²) in [6.07, 6.45) is 0.890. The van der Waals surface area contributed by atoms with E-state index in [1.807, 2.05) is 6.07 Å². The van der Waals surface area contributed by atoms with Crippen molar-refractivity contribution in [2.45, 2.75) is 12.3 Å². The summed E-state index contributed by atoms with van der Waals surface area (Å²) < 4.78 is 33.4. The van der Waals surface area contributed by atoms with E-state index in [0.717, 1.165) is 23.5 Å². The highest BCUT2D eigenvalue weighted by atomic mass is 16.5. The second-order valence-corrected chi connectivity index (χ2v) is 7.54. The summed E-state index contributed by atoms with van der Waals surface area (Å²) in [4.78, 5) is 0. The third-order valence-electron chi connectivity index (χ3n) is 6.00. The summed E-state index contributed by atoms with van der Waals surface area (Å²) in [5.41, 5.74) is 3.60. The van der Waals surface area contributed by atoms with Crippen LogP contribution < -0.4 is 18.9 Å². The Morgan fingerprint density at radius 2 is 1.30 bits per heavy atom. The van der Waals surface area contributed by atoms with Gasteiger partial charge in [-0.3, -0.25) is 0 Å². The molecule has 0 aliphatic heterocycles. The molecule has 0 fully saturated rings. The number of fused-ring (bicyclic) bond motifs is 1. The van der Waals surface area contributed by atoms with E-state index in [9.17, 15) is 0 Å². The zero-order valence-corrected chi connectivity index (χ0v) is 18.7.